The number of para-hydroxylation sites is 1. The van der Waals surface area contributed by atoms with Crippen molar-refractivity contribution < 1.29 is 9.90 Å². The molecule has 6 heteroatoms. The summed E-state index contributed by atoms with van der Waals surface area (Å²) in [5, 5.41) is 21.2. The van der Waals surface area contributed by atoms with Gasteiger partial charge in [-0.05, 0) is 18.6 Å². The Morgan fingerprint density at radius 3 is 2.67 bits per heavy atom. The number of hydrogen-bond donors (Lipinski definition) is 2. The maximum Gasteiger partial charge on any atom is 0.225 e. The van der Waals surface area contributed by atoms with Gasteiger partial charge in [-0.2, -0.15) is 5.26 Å². The van der Waals surface area contributed by atoms with Crippen LogP contribution in [0.5, 0.6) is 0 Å². The van der Waals surface area contributed by atoms with Gasteiger partial charge in [-0.15, -0.1) is 0 Å². The highest BCUT2D eigenvalue weighted by Crippen LogP contribution is 2.14. The van der Waals surface area contributed by atoms with E-state index in [-0.39, 0.29) is 18.6 Å². The first kappa shape index (κ1) is 18.4. The van der Waals surface area contributed by atoms with E-state index >= 15 is 0 Å². The molecule has 0 aliphatic carbocycles. The summed E-state index contributed by atoms with van der Waals surface area (Å²) in [6, 6.07) is 9.36. The molecule has 1 saturated heterocycles. The van der Waals surface area contributed by atoms with Crippen molar-refractivity contribution in [3.8, 4) is 6.07 Å². The molecule has 1 aliphatic rings. The Labute approximate surface area is 143 Å². The highest BCUT2D eigenvalue weighted by Gasteiger charge is 2.22. The second-order valence-electron chi connectivity index (χ2n) is 6.08. The van der Waals surface area contributed by atoms with Crippen LogP contribution in [0.1, 0.15) is 25.3 Å². The lowest BCUT2D eigenvalue weighted by atomic mass is 10.1. The number of nitrogens with zero attached hydrogens (tertiary/aromatic N) is 3. The summed E-state index contributed by atoms with van der Waals surface area (Å²) in [5.41, 5.74) is 1.05. The van der Waals surface area contributed by atoms with Crippen LogP contribution in [-0.4, -0.2) is 66.2 Å². The Morgan fingerprint density at radius 1 is 1.33 bits per heavy atom. The van der Waals surface area contributed by atoms with E-state index < -0.39 is 0 Å². The number of anilines is 1. The van der Waals surface area contributed by atoms with E-state index in [0.717, 1.165) is 32.6 Å². The number of piperazine rings is 1. The van der Waals surface area contributed by atoms with Crippen LogP contribution < -0.4 is 5.32 Å². The van der Waals surface area contributed by atoms with Crippen LogP contribution in [0.15, 0.2) is 24.3 Å². The minimum Gasteiger partial charge on any atom is -0.395 e. The van der Waals surface area contributed by atoms with Gasteiger partial charge in [-0.1, -0.05) is 19.1 Å². The summed E-state index contributed by atoms with van der Waals surface area (Å²) in [6.07, 6.45) is 1.37. The zero-order valence-corrected chi connectivity index (χ0v) is 14.2. The lowest BCUT2D eigenvalue weighted by molar-refractivity contribution is -0.116. The summed E-state index contributed by atoms with van der Waals surface area (Å²) in [7, 11) is 0. The highest BCUT2D eigenvalue weighted by atomic mass is 16.3. The number of nitrogens with one attached hydrogen (secondary N) is 1. The molecular formula is C18H26N4O2. The first-order chi connectivity index (χ1) is 11.7. The van der Waals surface area contributed by atoms with Gasteiger partial charge in [0.15, 0.2) is 0 Å². The smallest absolute Gasteiger partial charge is 0.225 e. The van der Waals surface area contributed by atoms with Gasteiger partial charge in [0.05, 0.1) is 17.9 Å². The van der Waals surface area contributed by atoms with E-state index in [1.807, 2.05) is 0 Å². The Morgan fingerprint density at radius 2 is 2.04 bits per heavy atom. The quantitative estimate of drug-likeness (QED) is 0.787. The molecule has 1 unspecified atom stereocenters. The van der Waals surface area contributed by atoms with E-state index in [1.54, 1.807) is 24.3 Å². The predicted molar refractivity (Wildman–Crippen MR) is 93.6 cm³/mol. The van der Waals surface area contributed by atoms with E-state index in [4.69, 9.17) is 5.26 Å². The molecule has 1 amide bonds. The van der Waals surface area contributed by atoms with E-state index in [1.165, 1.54) is 0 Å². The third-order valence-electron chi connectivity index (χ3n) is 4.58. The Hall–Kier alpha value is -1.94. The summed E-state index contributed by atoms with van der Waals surface area (Å²) in [4.78, 5) is 16.7. The third-order valence-corrected chi connectivity index (χ3v) is 4.58. The fraction of sp³-hybridized carbons (Fsp3) is 0.556. The van der Waals surface area contributed by atoms with E-state index in [9.17, 15) is 9.90 Å². The predicted octanol–water partition coefficient (Wildman–Crippen LogP) is 1.28. The molecule has 0 radical (unpaired) electrons. The molecule has 1 heterocycles. The topological polar surface area (TPSA) is 79.6 Å². The molecule has 130 valence electrons. The number of nitriles is 1. The van der Waals surface area contributed by atoms with Crippen molar-refractivity contribution in [1.82, 2.24) is 9.80 Å². The van der Waals surface area contributed by atoms with E-state index in [2.05, 4.69) is 28.1 Å². The van der Waals surface area contributed by atoms with Crippen molar-refractivity contribution in [3.63, 3.8) is 0 Å². The van der Waals surface area contributed by atoms with Gasteiger partial charge in [-0.25, -0.2) is 0 Å². The van der Waals surface area contributed by atoms with Crippen LogP contribution in [0.3, 0.4) is 0 Å². The summed E-state index contributed by atoms with van der Waals surface area (Å²) in [6.45, 7) is 6.70. The number of amides is 1. The standard InChI is InChI=1S/C18H26N4O2/c1-2-16(14-23)22-11-9-21(10-12-22)8-7-18(24)20-17-6-4-3-5-15(17)13-19/h3-6,16,23H,2,7-12,14H2,1H3,(H,20,24). The summed E-state index contributed by atoms with van der Waals surface area (Å²) < 4.78 is 0. The van der Waals surface area contributed by atoms with Crippen molar-refractivity contribution in [3.05, 3.63) is 29.8 Å². The first-order valence-electron chi connectivity index (χ1n) is 8.54. The number of aliphatic hydroxyl groups excluding tert-OH is 1. The van der Waals surface area contributed by atoms with Gasteiger partial charge in [0.25, 0.3) is 0 Å². The molecule has 0 saturated carbocycles. The number of rotatable bonds is 7. The molecule has 1 aliphatic heterocycles. The molecule has 1 aromatic carbocycles. The van der Waals surface area contributed by atoms with Gasteiger partial charge in [0, 0.05) is 45.2 Å². The average molecular weight is 330 g/mol. The molecule has 1 atom stereocenters. The van der Waals surface area contributed by atoms with Crippen LogP contribution in [0.25, 0.3) is 0 Å². The lowest BCUT2D eigenvalue weighted by Crippen LogP contribution is -2.51. The molecule has 1 aromatic rings. The minimum absolute atomic E-state index is 0.0677. The molecule has 24 heavy (non-hydrogen) atoms. The molecular weight excluding hydrogens is 304 g/mol. The Bertz CT molecular complexity index is 573. The summed E-state index contributed by atoms with van der Waals surface area (Å²) in [5.74, 6) is -0.0677. The number of benzene rings is 1. The molecule has 2 N–H and O–H groups in total. The maximum absolute atomic E-state index is 12.1. The summed E-state index contributed by atoms with van der Waals surface area (Å²) >= 11 is 0. The largest absolute Gasteiger partial charge is 0.395 e. The van der Waals surface area contributed by atoms with Crippen LogP contribution in [0, 0.1) is 11.3 Å². The van der Waals surface area contributed by atoms with Crippen LogP contribution in [0.4, 0.5) is 5.69 Å². The number of aliphatic hydroxyl groups is 1. The van der Waals surface area contributed by atoms with Crippen molar-refractivity contribution in [2.24, 2.45) is 0 Å². The monoisotopic (exact) mass is 330 g/mol. The highest BCUT2D eigenvalue weighted by molar-refractivity contribution is 5.92. The van der Waals surface area contributed by atoms with Crippen molar-refractivity contribution in [2.75, 3.05) is 44.6 Å². The van der Waals surface area contributed by atoms with Gasteiger partial charge in [0.1, 0.15) is 6.07 Å². The molecule has 6 nitrogen and oxygen atoms in total. The zero-order valence-electron chi connectivity index (χ0n) is 14.2. The number of carbonyl (C=O) groups is 1. The maximum atomic E-state index is 12.1. The molecule has 2 rings (SSSR count). The first-order valence-corrected chi connectivity index (χ1v) is 8.54. The average Bonchev–Trinajstić information content (AvgIpc) is 2.62. The third kappa shape index (κ3) is 5.03. The van der Waals surface area contributed by atoms with Gasteiger partial charge in [0.2, 0.25) is 5.91 Å². The van der Waals surface area contributed by atoms with Crippen molar-refractivity contribution in [1.29, 1.82) is 5.26 Å². The SMILES string of the molecule is CCC(CO)N1CCN(CCC(=O)Nc2ccccc2C#N)CC1. The van der Waals surface area contributed by atoms with Gasteiger partial charge in [-0.3, -0.25) is 9.69 Å². The lowest BCUT2D eigenvalue weighted by Gasteiger charge is -2.38. The van der Waals surface area contributed by atoms with Crippen molar-refractivity contribution in [2.45, 2.75) is 25.8 Å². The van der Waals surface area contributed by atoms with Gasteiger partial charge >= 0.3 is 0 Å². The van der Waals surface area contributed by atoms with Crippen LogP contribution in [0.2, 0.25) is 0 Å². The second kappa shape index (κ2) is 9.38. The Kier molecular flexibility index (Phi) is 7.19. The number of hydrogen-bond acceptors (Lipinski definition) is 5. The van der Waals surface area contributed by atoms with Crippen LogP contribution >= 0.6 is 0 Å². The Balaban J connectivity index is 1.74. The van der Waals surface area contributed by atoms with Crippen molar-refractivity contribution >= 4 is 11.6 Å². The molecule has 1 fully saturated rings. The second-order valence-corrected chi connectivity index (χ2v) is 6.08. The molecule has 0 bridgehead atoms. The molecule has 0 aromatic heterocycles. The fourth-order valence-electron chi connectivity index (χ4n) is 3.02. The number of carbonyl (C=O) groups excluding carboxylic acids is 1. The molecule has 0 spiro atoms. The normalized spacial score (nSPS) is 17.2. The van der Waals surface area contributed by atoms with E-state index in [0.29, 0.717) is 24.2 Å². The minimum atomic E-state index is -0.0677. The zero-order chi connectivity index (χ0) is 17.4. The van der Waals surface area contributed by atoms with Gasteiger partial charge < -0.3 is 15.3 Å². The fourth-order valence-corrected chi connectivity index (χ4v) is 3.02. The van der Waals surface area contributed by atoms with Crippen LogP contribution in [-0.2, 0) is 4.79 Å².